The molecule has 1 N–H and O–H groups in total. The van der Waals surface area contributed by atoms with E-state index in [1.807, 2.05) is 25.1 Å². The molecule has 0 aromatic heterocycles. The highest BCUT2D eigenvalue weighted by Crippen LogP contribution is 2.40. The topological polar surface area (TPSA) is 68.2 Å². The van der Waals surface area contributed by atoms with Crippen molar-refractivity contribution in [1.82, 2.24) is 4.90 Å². The van der Waals surface area contributed by atoms with Gasteiger partial charge in [-0.2, -0.15) is 0 Å². The lowest BCUT2D eigenvalue weighted by atomic mass is 9.80. The number of carbonyl (C=O) groups is 1. The smallest absolute Gasteiger partial charge is 0.288 e. The van der Waals surface area contributed by atoms with Crippen molar-refractivity contribution in [2.75, 3.05) is 39.5 Å². The number of aliphatic hydroxyl groups excluding tert-OH is 1. The number of benzene rings is 1. The zero-order chi connectivity index (χ0) is 19.9. The first-order valence-electron chi connectivity index (χ1n) is 9.87. The number of nitrogens with zero attached hydrogens (tertiary/aromatic N) is 1. The molecule has 1 aromatic carbocycles. The minimum absolute atomic E-state index is 0.0227. The first-order chi connectivity index (χ1) is 13.6. The molecule has 154 valence electrons. The number of carbonyl (C=O) groups excluding carboxylic acids is 1. The third-order valence-electron chi connectivity index (χ3n) is 5.18. The Hall–Kier alpha value is -1.41. The number of morpholine rings is 1. The predicted octanol–water partition coefficient (Wildman–Crippen LogP) is 3.06. The van der Waals surface area contributed by atoms with Crippen LogP contribution in [-0.2, 0) is 19.0 Å². The van der Waals surface area contributed by atoms with Crippen LogP contribution in [0.4, 0.5) is 0 Å². The molecule has 3 rings (SSSR count). The van der Waals surface area contributed by atoms with Gasteiger partial charge in [-0.15, -0.1) is 0 Å². The van der Waals surface area contributed by atoms with E-state index in [1.165, 1.54) is 0 Å². The fourth-order valence-corrected chi connectivity index (χ4v) is 4.01. The van der Waals surface area contributed by atoms with Crippen molar-refractivity contribution in [3.05, 3.63) is 46.1 Å². The Kier molecular flexibility index (Phi) is 7.91. The molecule has 1 fully saturated rings. The van der Waals surface area contributed by atoms with Crippen molar-refractivity contribution in [1.29, 1.82) is 0 Å². The van der Waals surface area contributed by atoms with Gasteiger partial charge in [0.25, 0.3) is 5.91 Å². The molecule has 0 radical (unpaired) electrons. The van der Waals surface area contributed by atoms with E-state index in [-0.39, 0.29) is 24.3 Å². The Labute approximate surface area is 174 Å². The van der Waals surface area contributed by atoms with Crippen molar-refractivity contribution in [2.24, 2.45) is 5.92 Å². The Morgan fingerprint density at radius 1 is 1.29 bits per heavy atom. The van der Waals surface area contributed by atoms with Crippen LogP contribution in [0.5, 0.6) is 0 Å². The molecule has 1 amide bonds. The lowest BCUT2D eigenvalue weighted by Crippen LogP contribution is -2.44. The van der Waals surface area contributed by atoms with Gasteiger partial charge in [-0.1, -0.05) is 28.1 Å². The van der Waals surface area contributed by atoms with Gasteiger partial charge in [-0.25, -0.2) is 0 Å². The second-order valence-electron chi connectivity index (χ2n) is 6.98. The maximum absolute atomic E-state index is 13.0. The lowest BCUT2D eigenvalue weighted by Gasteiger charge is -2.38. The zero-order valence-electron chi connectivity index (χ0n) is 16.2. The van der Waals surface area contributed by atoms with Gasteiger partial charge in [0, 0.05) is 42.6 Å². The zero-order valence-corrected chi connectivity index (χ0v) is 17.8. The number of hydrogen-bond acceptors (Lipinski definition) is 5. The molecular weight excluding hydrogens is 426 g/mol. The number of rotatable bonds is 7. The van der Waals surface area contributed by atoms with Gasteiger partial charge >= 0.3 is 0 Å². The van der Waals surface area contributed by atoms with Gasteiger partial charge in [0.2, 0.25) is 6.29 Å². The van der Waals surface area contributed by atoms with E-state index in [0.717, 1.165) is 16.5 Å². The van der Waals surface area contributed by atoms with Crippen LogP contribution in [0.25, 0.3) is 0 Å². The van der Waals surface area contributed by atoms with E-state index in [2.05, 4.69) is 28.1 Å². The fraction of sp³-hybridized carbons (Fsp3) is 0.571. The quantitative estimate of drug-likeness (QED) is 0.686. The average molecular weight is 454 g/mol. The highest BCUT2D eigenvalue weighted by Gasteiger charge is 2.38. The summed E-state index contributed by atoms with van der Waals surface area (Å²) in [5.41, 5.74) is 1.10. The van der Waals surface area contributed by atoms with E-state index in [9.17, 15) is 9.90 Å². The summed E-state index contributed by atoms with van der Waals surface area (Å²) in [6.45, 7) is 4.75. The van der Waals surface area contributed by atoms with Crippen molar-refractivity contribution in [3.8, 4) is 0 Å². The van der Waals surface area contributed by atoms with Crippen molar-refractivity contribution in [3.63, 3.8) is 0 Å². The first-order valence-corrected chi connectivity index (χ1v) is 10.7. The molecule has 2 aliphatic heterocycles. The van der Waals surface area contributed by atoms with Crippen LogP contribution in [0.2, 0.25) is 0 Å². The molecule has 2 heterocycles. The van der Waals surface area contributed by atoms with Crippen molar-refractivity contribution < 1.29 is 24.1 Å². The summed E-state index contributed by atoms with van der Waals surface area (Å²) in [5.74, 6) is 0.226. The number of ether oxygens (including phenoxy) is 3. The molecular formula is C21H28BrNO5. The maximum atomic E-state index is 13.0. The molecule has 0 bridgehead atoms. The van der Waals surface area contributed by atoms with Crippen molar-refractivity contribution >= 4 is 21.8 Å². The monoisotopic (exact) mass is 453 g/mol. The van der Waals surface area contributed by atoms with Gasteiger partial charge in [0.15, 0.2) is 5.76 Å². The van der Waals surface area contributed by atoms with E-state index >= 15 is 0 Å². The summed E-state index contributed by atoms with van der Waals surface area (Å²) >= 11 is 3.48. The molecule has 1 saturated heterocycles. The minimum Gasteiger partial charge on any atom is -0.459 e. The van der Waals surface area contributed by atoms with E-state index in [1.54, 1.807) is 4.90 Å². The fourth-order valence-electron chi connectivity index (χ4n) is 3.74. The molecule has 0 saturated carbocycles. The average Bonchev–Trinajstić information content (AvgIpc) is 2.73. The third-order valence-corrected chi connectivity index (χ3v) is 5.70. The standard InChI is InChI=1S/C21H28BrNO5/c1-2-27-21-17(4-3-11-24)18(15-5-7-16(22)8-6-15)14-19(28-21)20(25)23-9-12-26-13-10-23/h5-8,14,17-18,21,24H,2-4,9-13H2,1H3/t17-,18+,21+/m0/s1. The second kappa shape index (κ2) is 10.4. The molecule has 28 heavy (non-hydrogen) atoms. The SMILES string of the molecule is CCO[C@@H]1OC(C(=O)N2CCOCC2)=C[C@H](c2ccc(Br)cc2)[C@@H]1CCCO. The molecule has 2 aliphatic rings. The maximum Gasteiger partial charge on any atom is 0.288 e. The second-order valence-corrected chi connectivity index (χ2v) is 7.90. The Morgan fingerprint density at radius 2 is 2.00 bits per heavy atom. The predicted molar refractivity (Wildman–Crippen MR) is 109 cm³/mol. The summed E-state index contributed by atoms with van der Waals surface area (Å²) < 4.78 is 18.3. The number of allylic oxidation sites excluding steroid dienone is 1. The van der Waals surface area contributed by atoms with Crippen LogP contribution in [-0.4, -0.2) is 61.7 Å². The lowest BCUT2D eigenvalue weighted by molar-refractivity contribution is -0.171. The third kappa shape index (κ3) is 5.14. The van der Waals surface area contributed by atoms with E-state index in [4.69, 9.17) is 14.2 Å². The van der Waals surface area contributed by atoms with Crippen LogP contribution in [0.3, 0.4) is 0 Å². The van der Waals surface area contributed by atoms with Crippen LogP contribution in [0.1, 0.15) is 31.2 Å². The highest BCUT2D eigenvalue weighted by molar-refractivity contribution is 9.10. The van der Waals surface area contributed by atoms with Crippen LogP contribution in [0, 0.1) is 5.92 Å². The van der Waals surface area contributed by atoms with E-state index < -0.39 is 6.29 Å². The summed E-state index contributed by atoms with van der Waals surface area (Å²) in [7, 11) is 0. The van der Waals surface area contributed by atoms with Crippen LogP contribution >= 0.6 is 15.9 Å². The van der Waals surface area contributed by atoms with Gasteiger partial charge in [0.1, 0.15) is 0 Å². The molecule has 1 aromatic rings. The summed E-state index contributed by atoms with van der Waals surface area (Å²) in [6.07, 6.45) is 2.82. The van der Waals surface area contributed by atoms with Gasteiger partial charge in [-0.05, 0) is 43.5 Å². The first kappa shape index (κ1) is 21.3. The van der Waals surface area contributed by atoms with E-state index in [0.29, 0.717) is 45.1 Å². The van der Waals surface area contributed by atoms with Gasteiger partial charge < -0.3 is 24.2 Å². The molecule has 7 heteroatoms. The molecule has 0 spiro atoms. The Morgan fingerprint density at radius 3 is 2.64 bits per heavy atom. The molecule has 3 atom stereocenters. The largest absolute Gasteiger partial charge is 0.459 e. The summed E-state index contributed by atoms with van der Waals surface area (Å²) in [5, 5.41) is 9.34. The van der Waals surface area contributed by atoms with Crippen molar-refractivity contribution in [2.45, 2.75) is 32.0 Å². The Balaban J connectivity index is 1.92. The summed E-state index contributed by atoms with van der Waals surface area (Å²) in [6, 6.07) is 8.12. The number of aliphatic hydroxyl groups is 1. The normalized spacial score (nSPS) is 25.2. The summed E-state index contributed by atoms with van der Waals surface area (Å²) in [4.78, 5) is 14.8. The molecule has 6 nitrogen and oxygen atoms in total. The highest BCUT2D eigenvalue weighted by atomic mass is 79.9. The minimum atomic E-state index is -0.518. The van der Waals surface area contributed by atoms with Crippen LogP contribution in [0.15, 0.2) is 40.6 Å². The number of amides is 1. The molecule has 0 aliphatic carbocycles. The van der Waals surface area contributed by atoms with Crippen LogP contribution < -0.4 is 0 Å². The number of halogens is 1. The van der Waals surface area contributed by atoms with Gasteiger partial charge in [-0.3, -0.25) is 4.79 Å². The Bertz CT molecular complexity index is 672. The van der Waals surface area contributed by atoms with Gasteiger partial charge in [0.05, 0.1) is 13.2 Å². The number of hydrogen-bond donors (Lipinski definition) is 1. The molecule has 0 unspecified atom stereocenters.